The zero-order chi connectivity index (χ0) is 8.69. The van der Waals surface area contributed by atoms with Crippen LogP contribution in [0.15, 0.2) is 0 Å². The molecule has 0 aliphatic carbocycles. The first-order valence-electron chi connectivity index (χ1n) is 3.67. The third kappa shape index (κ3) is 4.36. The molecule has 0 heterocycles. The van der Waals surface area contributed by atoms with Crippen LogP contribution < -0.4 is 10.6 Å². The molecule has 0 bridgehead atoms. The second kappa shape index (κ2) is 5.70. The Morgan fingerprint density at radius 2 is 2.27 bits per heavy atom. The zero-order valence-electron chi connectivity index (χ0n) is 6.89. The van der Waals surface area contributed by atoms with E-state index in [1.54, 1.807) is 6.92 Å². The molecule has 2 N–H and O–H groups in total. The van der Waals surface area contributed by atoms with Crippen molar-refractivity contribution in [3.63, 3.8) is 0 Å². The van der Waals surface area contributed by atoms with Gasteiger partial charge in [-0.1, -0.05) is 6.92 Å². The van der Waals surface area contributed by atoms with Crippen LogP contribution in [-0.4, -0.2) is 25.4 Å². The summed E-state index contributed by atoms with van der Waals surface area (Å²) in [6, 6.07) is 0. The van der Waals surface area contributed by atoms with Gasteiger partial charge in [0.2, 0.25) is 12.3 Å². The maximum absolute atomic E-state index is 11.0. The standard InChI is InChI=1S/C7H14N2O2/c1-3-9-7(11)6(2)4-8-5-10/h5-6H,3-4H2,1-2H3,(H,8,10)(H,9,11). The Labute approximate surface area is 66.4 Å². The summed E-state index contributed by atoms with van der Waals surface area (Å²) in [5.74, 6) is -0.179. The quantitative estimate of drug-likeness (QED) is 0.530. The van der Waals surface area contributed by atoms with Crippen LogP contribution in [0.25, 0.3) is 0 Å². The Kier molecular flexibility index (Phi) is 5.15. The first kappa shape index (κ1) is 9.94. The average molecular weight is 158 g/mol. The number of carbonyl (C=O) groups is 2. The van der Waals surface area contributed by atoms with Crippen molar-refractivity contribution in [3.05, 3.63) is 0 Å². The van der Waals surface area contributed by atoms with Gasteiger partial charge in [-0.05, 0) is 6.92 Å². The molecule has 4 nitrogen and oxygen atoms in total. The molecule has 64 valence electrons. The van der Waals surface area contributed by atoms with Crippen molar-refractivity contribution in [1.29, 1.82) is 0 Å². The first-order valence-corrected chi connectivity index (χ1v) is 3.67. The van der Waals surface area contributed by atoms with Crippen LogP contribution in [0, 0.1) is 5.92 Å². The number of hydrogen-bond donors (Lipinski definition) is 2. The Balaban J connectivity index is 3.54. The molecular formula is C7H14N2O2. The van der Waals surface area contributed by atoms with Crippen LogP contribution in [0.2, 0.25) is 0 Å². The predicted molar refractivity (Wildman–Crippen MR) is 41.9 cm³/mol. The lowest BCUT2D eigenvalue weighted by atomic mass is 10.1. The molecule has 0 radical (unpaired) electrons. The summed E-state index contributed by atoms with van der Waals surface area (Å²) in [4.78, 5) is 20.8. The van der Waals surface area contributed by atoms with Gasteiger partial charge in [-0.3, -0.25) is 9.59 Å². The van der Waals surface area contributed by atoms with Gasteiger partial charge in [-0.25, -0.2) is 0 Å². The number of amides is 2. The molecule has 0 aliphatic heterocycles. The van der Waals surface area contributed by atoms with Gasteiger partial charge < -0.3 is 10.6 Å². The fourth-order valence-electron chi connectivity index (χ4n) is 0.666. The fraction of sp³-hybridized carbons (Fsp3) is 0.714. The summed E-state index contributed by atoms with van der Waals surface area (Å²) in [6.45, 7) is 4.65. The van der Waals surface area contributed by atoms with Gasteiger partial charge in [0.05, 0.1) is 5.92 Å². The summed E-state index contributed by atoms with van der Waals surface area (Å²) < 4.78 is 0. The van der Waals surface area contributed by atoms with Crippen molar-refractivity contribution in [2.45, 2.75) is 13.8 Å². The van der Waals surface area contributed by atoms with Crippen LogP contribution in [0.4, 0.5) is 0 Å². The van der Waals surface area contributed by atoms with Crippen molar-refractivity contribution in [3.8, 4) is 0 Å². The summed E-state index contributed by atoms with van der Waals surface area (Å²) in [7, 11) is 0. The number of rotatable bonds is 5. The molecule has 0 aromatic rings. The topological polar surface area (TPSA) is 58.2 Å². The zero-order valence-corrected chi connectivity index (χ0v) is 6.89. The van der Waals surface area contributed by atoms with Gasteiger partial charge >= 0.3 is 0 Å². The van der Waals surface area contributed by atoms with E-state index < -0.39 is 0 Å². The third-order valence-electron chi connectivity index (χ3n) is 1.31. The van der Waals surface area contributed by atoms with Gasteiger partial charge in [0.15, 0.2) is 0 Å². The molecule has 1 atom stereocenters. The highest BCUT2D eigenvalue weighted by Crippen LogP contribution is 1.90. The van der Waals surface area contributed by atoms with E-state index in [1.165, 1.54) is 0 Å². The van der Waals surface area contributed by atoms with Crippen LogP contribution in [0.5, 0.6) is 0 Å². The molecule has 0 aromatic heterocycles. The minimum Gasteiger partial charge on any atom is -0.358 e. The van der Waals surface area contributed by atoms with E-state index in [4.69, 9.17) is 0 Å². The molecule has 0 rings (SSSR count). The average Bonchev–Trinajstić information content (AvgIpc) is 2.00. The molecule has 4 heteroatoms. The Hall–Kier alpha value is -1.06. The van der Waals surface area contributed by atoms with Gasteiger partial charge in [-0.15, -0.1) is 0 Å². The van der Waals surface area contributed by atoms with Crippen LogP contribution in [0.3, 0.4) is 0 Å². The molecule has 0 aromatic carbocycles. The summed E-state index contributed by atoms with van der Waals surface area (Å²) in [5, 5.41) is 5.11. The lowest BCUT2D eigenvalue weighted by Crippen LogP contribution is -2.34. The van der Waals surface area contributed by atoms with Crippen molar-refractivity contribution in [2.75, 3.05) is 13.1 Å². The largest absolute Gasteiger partial charge is 0.358 e. The van der Waals surface area contributed by atoms with Gasteiger partial charge in [0.25, 0.3) is 0 Å². The SMILES string of the molecule is CCNC(=O)C(C)CNC=O. The summed E-state index contributed by atoms with van der Waals surface area (Å²) in [6.07, 6.45) is 0.593. The van der Waals surface area contributed by atoms with Crippen molar-refractivity contribution >= 4 is 12.3 Å². The van der Waals surface area contributed by atoms with Crippen LogP contribution in [0.1, 0.15) is 13.8 Å². The van der Waals surface area contributed by atoms with E-state index in [9.17, 15) is 9.59 Å². The Morgan fingerprint density at radius 3 is 2.73 bits per heavy atom. The van der Waals surface area contributed by atoms with Crippen LogP contribution >= 0.6 is 0 Å². The molecule has 1 unspecified atom stereocenters. The monoisotopic (exact) mass is 158 g/mol. The fourth-order valence-corrected chi connectivity index (χ4v) is 0.666. The van der Waals surface area contributed by atoms with E-state index in [0.717, 1.165) is 0 Å². The highest BCUT2D eigenvalue weighted by atomic mass is 16.2. The lowest BCUT2D eigenvalue weighted by molar-refractivity contribution is -0.124. The second-order valence-corrected chi connectivity index (χ2v) is 2.32. The minimum absolute atomic E-state index is 0.0261. The normalized spacial score (nSPS) is 11.8. The first-order chi connectivity index (χ1) is 5.22. The molecule has 0 aliphatic rings. The van der Waals surface area contributed by atoms with Crippen LogP contribution in [-0.2, 0) is 9.59 Å². The summed E-state index contributed by atoms with van der Waals surface area (Å²) in [5.41, 5.74) is 0. The molecule has 0 fully saturated rings. The van der Waals surface area contributed by atoms with Gasteiger partial charge in [-0.2, -0.15) is 0 Å². The van der Waals surface area contributed by atoms with E-state index in [0.29, 0.717) is 19.5 Å². The Bertz CT molecular complexity index is 136. The highest BCUT2D eigenvalue weighted by molar-refractivity contribution is 5.78. The van der Waals surface area contributed by atoms with Gasteiger partial charge in [0, 0.05) is 13.1 Å². The van der Waals surface area contributed by atoms with E-state index in [1.807, 2.05) is 6.92 Å². The highest BCUT2D eigenvalue weighted by Gasteiger charge is 2.09. The molecule has 0 saturated carbocycles. The molecule has 0 spiro atoms. The van der Waals surface area contributed by atoms with Crippen molar-refractivity contribution in [1.82, 2.24) is 10.6 Å². The maximum atomic E-state index is 11.0. The molecule has 11 heavy (non-hydrogen) atoms. The summed E-state index contributed by atoms with van der Waals surface area (Å²) >= 11 is 0. The second-order valence-electron chi connectivity index (χ2n) is 2.32. The molecule has 0 saturated heterocycles. The molecule has 2 amide bonds. The van der Waals surface area contributed by atoms with Crippen molar-refractivity contribution < 1.29 is 9.59 Å². The molecular weight excluding hydrogens is 144 g/mol. The maximum Gasteiger partial charge on any atom is 0.224 e. The number of hydrogen-bond acceptors (Lipinski definition) is 2. The van der Waals surface area contributed by atoms with E-state index in [2.05, 4.69) is 10.6 Å². The smallest absolute Gasteiger partial charge is 0.224 e. The predicted octanol–water partition coefficient (Wildman–Crippen LogP) is -0.495. The number of nitrogens with one attached hydrogen (secondary N) is 2. The van der Waals surface area contributed by atoms with Crippen molar-refractivity contribution in [2.24, 2.45) is 5.92 Å². The Morgan fingerprint density at radius 1 is 1.64 bits per heavy atom. The third-order valence-corrected chi connectivity index (χ3v) is 1.31. The van der Waals surface area contributed by atoms with E-state index in [-0.39, 0.29) is 11.8 Å². The van der Waals surface area contributed by atoms with Gasteiger partial charge in [0.1, 0.15) is 0 Å². The lowest BCUT2D eigenvalue weighted by Gasteiger charge is -2.09. The van der Waals surface area contributed by atoms with E-state index >= 15 is 0 Å². The minimum atomic E-state index is -0.153. The number of carbonyl (C=O) groups excluding carboxylic acids is 2.